The molecule has 4 nitrogen and oxygen atoms in total. The van der Waals surface area contributed by atoms with E-state index in [1.54, 1.807) is 12.4 Å². The maximum Gasteiger partial charge on any atom is 0.0900 e. The van der Waals surface area contributed by atoms with Crippen molar-refractivity contribution in [3.05, 3.63) is 132 Å². The van der Waals surface area contributed by atoms with Crippen molar-refractivity contribution >= 4 is 37.7 Å². The first-order chi connectivity index (χ1) is 18.7. The summed E-state index contributed by atoms with van der Waals surface area (Å²) >= 11 is 3.68. The lowest BCUT2D eigenvalue weighted by Gasteiger charge is -2.12. The third-order valence-electron chi connectivity index (χ3n) is 6.75. The number of fused-ring (bicyclic) bond motifs is 3. The molecule has 0 N–H and O–H groups in total. The highest BCUT2D eigenvalue weighted by atomic mass is 79.9. The predicted octanol–water partition coefficient (Wildman–Crippen LogP) is 8.73. The van der Waals surface area contributed by atoms with E-state index >= 15 is 0 Å². The fourth-order valence-corrected chi connectivity index (χ4v) is 5.38. The van der Waals surface area contributed by atoms with Gasteiger partial charge in [0.15, 0.2) is 0 Å². The Hall–Kier alpha value is -4.61. The molecule has 7 rings (SSSR count). The molecule has 0 amide bonds. The molecule has 38 heavy (non-hydrogen) atoms. The highest BCUT2D eigenvalue weighted by Crippen LogP contribution is 2.35. The van der Waals surface area contributed by atoms with Crippen molar-refractivity contribution in [2.75, 3.05) is 0 Å². The zero-order valence-corrected chi connectivity index (χ0v) is 21.9. The Labute approximate surface area is 228 Å². The number of benzene rings is 3. The molecule has 0 bridgehead atoms. The maximum absolute atomic E-state index is 4.93. The van der Waals surface area contributed by atoms with Crippen molar-refractivity contribution in [1.29, 1.82) is 0 Å². The van der Waals surface area contributed by atoms with Crippen LogP contribution < -0.4 is 0 Å². The molecule has 4 heterocycles. The SMILES string of the molecule is Brc1ccc2c3ccccc3n(-c3cccc(-c4cc(-c5ccccn5)nc(-c5ccccn5)c4)c3)c2c1. The monoisotopic (exact) mass is 552 g/mol. The summed E-state index contributed by atoms with van der Waals surface area (Å²) in [5.74, 6) is 0. The Balaban J connectivity index is 1.44. The van der Waals surface area contributed by atoms with Crippen LogP contribution in [0.4, 0.5) is 0 Å². The van der Waals surface area contributed by atoms with Crippen molar-refractivity contribution in [3.63, 3.8) is 0 Å². The predicted molar refractivity (Wildman–Crippen MR) is 158 cm³/mol. The van der Waals surface area contributed by atoms with Gasteiger partial charge in [0.2, 0.25) is 0 Å². The average molecular weight is 553 g/mol. The fraction of sp³-hybridized carbons (Fsp3) is 0. The van der Waals surface area contributed by atoms with Crippen LogP contribution in [0.5, 0.6) is 0 Å². The molecule has 5 heteroatoms. The van der Waals surface area contributed by atoms with E-state index in [1.165, 1.54) is 16.3 Å². The topological polar surface area (TPSA) is 43.6 Å². The van der Waals surface area contributed by atoms with E-state index in [1.807, 2.05) is 36.4 Å². The van der Waals surface area contributed by atoms with E-state index in [2.05, 4.69) is 109 Å². The summed E-state index contributed by atoms with van der Waals surface area (Å²) in [5.41, 5.74) is 8.88. The van der Waals surface area contributed by atoms with Crippen LogP contribution in [-0.2, 0) is 0 Å². The van der Waals surface area contributed by atoms with Gasteiger partial charge in [-0.3, -0.25) is 9.97 Å². The lowest BCUT2D eigenvalue weighted by atomic mass is 10.0. The number of hydrogen-bond donors (Lipinski definition) is 0. The minimum absolute atomic E-state index is 0.815. The Morgan fingerprint density at radius 1 is 0.500 bits per heavy atom. The number of nitrogens with zero attached hydrogens (tertiary/aromatic N) is 4. The summed E-state index contributed by atoms with van der Waals surface area (Å²) < 4.78 is 3.39. The molecule has 0 saturated carbocycles. The molecule has 0 atom stereocenters. The van der Waals surface area contributed by atoms with Crippen LogP contribution >= 0.6 is 15.9 Å². The quantitative estimate of drug-likeness (QED) is 0.219. The normalized spacial score (nSPS) is 11.3. The second-order valence-electron chi connectivity index (χ2n) is 9.12. The number of rotatable bonds is 4. The van der Waals surface area contributed by atoms with Gasteiger partial charge < -0.3 is 4.57 Å². The number of hydrogen-bond acceptors (Lipinski definition) is 3. The van der Waals surface area contributed by atoms with Crippen molar-refractivity contribution in [3.8, 4) is 39.6 Å². The lowest BCUT2D eigenvalue weighted by molar-refractivity contribution is 1.18. The first-order valence-corrected chi connectivity index (χ1v) is 13.2. The standard InChI is InChI=1S/C33H21BrN4/c34-24-14-15-27-26-10-1-2-13-32(26)38(33(27)21-24)25-9-7-8-22(18-25)23-19-30(28-11-3-5-16-35-28)37-31(20-23)29-12-4-6-17-36-29/h1-21H. The van der Waals surface area contributed by atoms with Crippen molar-refractivity contribution in [2.45, 2.75) is 0 Å². The van der Waals surface area contributed by atoms with Gasteiger partial charge in [0.1, 0.15) is 0 Å². The lowest BCUT2D eigenvalue weighted by Crippen LogP contribution is -1.96. The summed E-state index contributed by atoms with van der Waals surface area (Å²) in [4.78, 5) is 14.1. The summed E-state index contributed by atoms with van der Waals surface area (Å²) in [7, 11) is 0. The molecule has 0 radical (unpaired) electrons. The summed E-state index contributed by atoms with van der Waals surface area (Å²) in [5, 5.41) is 2.46. The van der Waals surface area contributed by atoms with Crippen LogP contribution in [0.1, 0.15) is 0 Å². The van der Waals surface area contributed by atoms with Crippen LogP contribution in [0.2, 0.25) is 0 Å². The zero-order chi connectivity index (χ0) is 25.5. The summed E-state index contributed by atoms with van der Waals surface area (Å²) in [6, 6.07) is 39.7. The van der Waals surface area contributed by atoms with Crippen molar-refractivity contribution < 1.29 is 0 Å². The molecule has 0 unspecified atom stereocenters. The van der Waals surface area contributed by atoms with Crippen molar-refractivity contribution in [2.24, 2.45) is 0 Å². The molecule has 0 fully saturated rings. The van der Waals surface area contributed by atoms with E-state index in [0.717, 1.165) is 49.6 Å². The van der Waals surface area contributed by atoms with Gasteiger partial charge in [-0.25, -0.2) is 4.98 Å². The van der Waals surface area contributed by atoms with Crippen LogP contribution in [0.15, 0.2) is 132 Å². The Bertz CT molecular complexity index is 1870. The second kappa shape index (κ2) is 9.36. The molecule has 0 aliphatic carbocycles. The number of para-hydroxylation sites is 1. The molecule has 4 aromatic heterocycles. The van der Waals surface area contributed by atoms with E-state index < -0.39 is 0 Å². The Morgan fingerprint density at radius 2 is 1.18 bits per heavy atom. The van der Waals surface area contributed by atoms with Crippen molar-refractivity contribution in [1.82, 2.24) is 19.5 Å². The average Bonchev–Trinajstić information content (AvgIpc) is 3.31. The minimum atomic E-state index is 0.815. The highest BCUT2D eigenvalue weighted by molar-refractivity contribution is 9.10. The maximum atomic E-state index is 4.93. The highest BCUT2D eigenvalue weighted by Gasteiger charge is 2.14. The van der Waals surface area contributed by atoms with E-state index in [4.69, 9.17) is 4.98 Å². The van der Waals surface area contributed by atoms with Gasteiger partial charge in [-0.1, -0.05) is 64.5 Å². The molecule has 7 aromatic rings. The molecule has 0 aliphatic heterocycles. The van der Waals surface area contributed by atoms with Gasteiger partial charge in [-0.2, -0.15) is 0 Å². The Morgan fingerprint density at radius 3 is 1.89 bits per heavy atom. The van der Waals surface area contributed by atoms with Gasteiger partial charge in [0, 0.05) is 33.3 Å². The molecule has 180 valence electrons. The summed E-state index contributed by atoms with van der Waals surface area (Å²) in [6.07, 6.45) is 3.59. The van der Waals surface area contributed by atoms with Crippen LogP contribution in [-0.4, -0.2) is 19.5 Å². The number of pyridine rings is 3. The van der Waals surface area contributed by atoms with Crippen LogP contribution in [0, 0.1) is 0 Å². The fourth-order valence-electron chi connectivity index (χ4n) is 5.03. The van der Waals surface area contributed by atoms with Gasteiger partial charge in [0.25, 0.3) is 0 Å². The molecule has 0 spiro atoms. The Kier molecular flexibility index (Phi) is 5.56. The molecule has 3 aromatic carbocycles. The largest absolute Gasteiger partial charge is 0.309 e. The van der Waals surface area contributed by atoms with Gasteiger partial charge >= 0.3 is 0 Å². The van der Waals surface area contributed by atoms with E-state index in [9.17, 15) is 0 Å². The third-order valence-corrected chi connectivity index (χ3v) is 7.25. The molecular formula is C33H21BrN4. The number of halogens is 1. The molecular weight excluding hydrogens is 532 g/mol. The summed E-state index contributed by atoms with van der Waals surface area (Å²) in [6.45, 7) is 0. The first-order valence-electron chi connectivity index (χ1n) is 12.4. The van der Waals surface area contributed by atoms with E-state index in [0.29, 0.717) is 0 Å². The second-order valence-corrected chi connectivity index (χ2v) is 10.0. The van der Waals surface area contributed by atoms with Crippen LogP contribution in [0.25, 0.3) is 61.4 Å². The third kappa shape index (κ3) is 3.98. The van der Waals surface area contributed by atoms with Gasteiger partial charge in [-0.05, 0) is 77.9 Å². The van der Waals surface area contributed by atoms with Gasteiger partial charge in [0.05, 0.1) is 33.8 Å². The zero-order valence-electron chi connectivity index (χ0n) is 20.3. The molecule has 0 saturated heterocycles. The van der Waals surface area contributed by atoms with Crippen LogP contribution in [0.3, 0.4) is 0 Å². The first kappa shape index (κ1) is 22.6. The van der Waals surface area contributed by atoms with Gasteiger partial charge in [-0.15, -0.1) is 0 Å². The minimum Gasteiger partial charge on any atom is -0.309 e. The van der Waals surface area contributed by atoms with E-state index in [-0.39, 0.29) is 0 Å². The number of aromatic nitrogens is 4. The molecule has 0 aliphatic rings. The smallest absolute Gasteiger partial charge is 0.0900 e.